The first-order valence-corrected chi connectivity index (χ1v) is 8.84. The van der Waals surface area contributed by atoms with Crippen LogP contribution in [0.5, 0.6) is 0 Å². The predicted octanol–water partition coefficient (Wildman–Crippen LogP) is 4.50. The van der Waals surface area contributed by atoms with Crippen LogP contribution in [0.2, 0.25) is 0 Å². The zero-order valence-electron chi connectivity index (χ0n) is 13.6. The first kappa shape index (κ1) is 16.2. The predicted molar refractivity (Wildman–Crippen MR) is 84.6 cm³/mol. The van der Waals surface area contributed by atoms with Gasteiger partial charge in [0, 0.05) is 12.7 Å². The molecular formula is C18H23F3N2O. The minimum atomic E-state index is -4.39. The van der Waals surface area contributed by atoms with Gasteiger partial charge in [-0.25, -0.2) is 4.98 Å². The maximum absolute atomic E-state index is 13.0. The molecule has 3 nitrogen and oxygen atoms in total. The standard InChI is InChI=1S/C18H23F3N2O/c19-18(20,21)15-2-1-3-22-16(15)23-4-5-24-17-9-12-6-13(10-17)8-14(7-12)11-17/h1-3,12-14H,4-11H2,(H,22,23). The normalized spacial score (nSPS) is 34.5. The molecule has 1 aromatic heterocycles. The third kappa shape index (κ3) is 3.13. The van der Waals surface area contributed by atoms with Crippen molar-refractivity contribution in [3.8, 4) is 0 Å². The summed E-state index contributed by atoms with van der Waals surface area (Å²) in [6.07, 6.45) is 4.44. The first-order valence-electron chi connectivity index (χ1n) is 8.84. The lowest BCUT2D eigenvalue weighted by molar-refractivity contribution is -0.160. The molecule has 1 heterocycles. The summed E-state index contributed by atoms with van der Waals surface area (Å²) in [7, 11) is 0. The van der Waals surface area contributed by atoms with E-state index in [-0.39, 0.29) is 11.4 Å². The molecule has 4 fully saturated rings. The number of pyridine rings is 1. The van der Waals surface area contributed by atoms with Crippen LogP contribution < -0.4 is 5.32 Å². The second kappa shape index (κ2) is 5.90. The highest BCUT2D eigenvalue weighted by atomic mass is 19.4. The van der Waals surface area contributed by atoms with E-state index in [0.29, 0.717) is 13.2 Å². The van der Waals surface area contributed by atoms with E-state index in [9.17, 15) is 13.2 Å². The summed E-state index contributed by atoms with van der Waals surface area (Å²) >= 11 is 0. The Morgan fingerprint density at radius 3 is 2.33 bits per heavy atom. The second-order valence-corrected chi connectivity index (χ2v) is 7.77. The molecule has 4 saturated carbocycles. The number of rotatable bonds is 5. The Balaban J connectivity index is 1.33. The maximum Gasteiger partial charge on any atom is 0.419 e. The molecule has 0 unspecified atom stereocenters. The zero-order valence-corrected chi connectivity index (χ0v) is 13.6. The van der Waals surface area contributed by atoms with E-state index in [1.807, 2.05) is 0 Å². The lowest BCUT2D eigenvalue weighted by Crippen LogP contribution is -2.52. The van der Waals surface area contributed by atoms with Crippen LogP contribution in [0, 0.1) is 17.8 Å². The quantitative estimate of drug-likeness (QED) is 0.802. The molecule has 4 aliphatic carbocycles. The van der Waals surface area contributed by atoms with Gasteiger partial charge in [0.25, 0.3) is 0 Å². The number of hydrogen-bond donors (Lipinski definition) is 1. The molecule has 0 atom stereocenters. The summed E-state index contributed by atoms with van der Waals surface area (Å²) < 4.78 is 45.1. The van der Waals surface area contributed by atoms with Crippen molar-refractivity contribution in [2.75, 3.05) is 18.5 Å². The summed E-state index contributed by atoms with van der Waals surface area (Å²) in [5.74, 6) is 2.30. The number of nitrogens with zero attached hydrogens (tertiary/aromatic N) is 1. The number of hydrogen-bond acceptors (Lipinski definition) is 3. The summed E-state index contributed by atoms with van der Waals surface area (Å²) in [6.45, 7) is 0.780. The van der Waals surface area contributed by atoms with Crippen LogP contribution in [-0.2, 0) is 10.9 Å². The van der Waals surface area contributed by atoms with Gasteiger partial charge in [0.1, 0.15) is 5.82 Å². The summed E-state index contributed by atoms with van der Waals surface area (Å²) in [6, 6.07) is 2.36. The molecule has 24 heavy (non-hydrogen) atoms. The minimum absolute atomic E-state index is 0.00654. The largest absolute Gasteiger partial charge is 0.419 e. The van der Waals surface area contributed by atoms with Gasteiger partial charge in [0.2, 0.25) is 0 Å². The molecule has 1 N–H and O–H groups in total. The van der Waals surface area contributed by atoms with Crippen LogP contribution in [0.1, 0.15) is 44.1 Å². The number of alkyl halides is 3. The minimum Gasteiger partial charge on any atom is -0.373 e. The topological polar surface area (TPSA) is 34.2 Å². The molecule has 5 rings (SSSR count). The molecule has 0 saturated heterocycles. The van der Waals surface area contributed by atoms with E-state index in [1.165, 1.54) is 31.5 Å². The number of anilines is 1. The lowest BCUT2D eigenvalue weighted by Gasteiger charge is -2.56. The molecular weight excluding hydrogens is 317 g/mol. The van der Waals surface area contributed by atoms with E-state index in [2.05, 4.69) is 10.3 Å². The fourth-order valence-corrected chi connectivity index (χ4v) is 5.42. The van der Waals surface area contributed by atoms with Crippen LogP contribution in [0.15, 0.2) is 18.3 Å². The number of ether oxygens (including phenoxy) is 1. The monoisotopic (exact) mass is 340 g/mol. The lowest BCUT2D eigenvalue weighted by atomic mass is 9.54. The molecule has 0 amide bonds. The molecule has 6 heteroatoms. The molecule has 0 spiro atoms. The maximum atomic E-state index is 13.0. The van der Waals surface area contributed by atoms with Crippen LogP contribution in [0.4, 0.5) is 19.0 Å². The van der Waals surface area contributed by atoms with Gasteiger partial charge in [-0.2, -0.15) is 13.2 Å². The number of aromatic nitrogens is 1. The third-order valence-electron chi connectivity index (χ3n) is 5.90. The zero-order chi connectivity index (χ0) is 16.8. The molecule has 0 radical (unpaired) electrons. The van der Waals surface area contributed by atoms with Gasteiger partial charge in [-0.05, 0) is 68.4 Å². The fraction of sp³-hybridized carbons (Fsp3) is 0.722. The second-order valence-electron chi connectivity index (χ2n) is 7.77. The Hall–Kier alpha value is -1.30. The van der Waals surface area contributed by atoms with Gasteiger partial charge < -0.3 is 10.1 Å². The highest BCUT2D eigenvalue weighted by molar-refractivity contribution is 5.45. The smallest absolute Gasteiger partial charge is 0.373 e. The van der Waals surface area contributed by atoms with Crippen molar-refractivity contribution in [3.63, 3.8) is 0 Å². The Morgan fingerprint density at radius 1 is 1.12 bits per heavy atom. The molecule has 1 aromatic rings. The summed E-state index contributed by atoms with van der Waals surface area (Å²) in [4.78, 5) is 3.82. The van der Waals surface area contributed by atoms with Gasteiger partial charge in [0.15, 0.2) is 0 Å². The van der Waals surface area contributed by atoms with Gasteiger partial charge in [0.05, 0.1) is 17.8 Å². The van der Waals surface area contributed by atoms with Gasteiger partial charge in [-0.1, -0.05) is 0 Å². The average molecular weight is 340 g/mol. The first-order chi connectivity index (χ1) is 11.4. The fourth-order valence-electron chi connectivity index (χ4n) is 5.42. The average Bonchev–Trinajstić information content (AvgIpc) is 2.50. The molecule has 4 bridgehead atoms. The van der Waals surface area contributed by atoms with Crippen molar-refractivity contribution in [1.82, 2.24) is 4.98 Å². The number of nitrogens with one attached hydrogen (secondary N) is 1. The van der Waals surface area contributed by atoms with Crippen molar-refractivity contribution in [2.24, 2.45) is 17.8 Å². The Bertz CT molecular complexity index is 567. The van der Waals surface area contributed by atoms with E-state index < -0.39 is 11.7 Å². The Morgan fingerprint density at radius 2 is 1.75 bits per heavy atom. The Labute approximate surface area is 140 Å². The SMILES string of the molecule is FC(F)(F)c1cccnc1NCCOC12CC3CC(CC(C3)C1)C2. The summed E-state index contributed by atoms with van der Waals surface area (Å²) in [5.41, 5.74) is -0.729. The van der Waals surface area contributed by atoms with Crippen molar-refractivity contribution in [3.05, 3.63) is 23.9 Å². The molecule has 0 aliphatic heterocycles. The van der Waals surface area contributed by atoms with Crippen LogP contribution >= 0.6 is 0 Å². The van der Waals surface area contributed by atoms with Gasteiger partial charge in [-0.15, -0.1) is 0 Å². The van der Waals surface area contributed by atoms with E-state index >= 15 is 0 Å². The highest BCUT2D eigenvalue weighted by Crippen LogP contribution is 2.57. The van der Waals surface area contributed by atoms with Gasteiger partial charge in [-0.3, -0.25) is 0 Å². The van der Waals surface area contributed by atoms with E-state index in [1.54, 1.807) is 0 Å². The van der Waals surface area contributed by atoms with Crippen molar-refractivity contribution in [1.29, 1.82) is 0 Å². The molecule has 132 valence electrons. The van der Waals surface area contributed by atoms with Crippen LogP contribution in [0.3, 0.4) is 0 Å². The van der Waals surface area contributed by atoms with Crippen molar-refractivity contribution in [2.45, 2.75) is 50.3 Å². The molecule has 0 aromatic carbocycles. The van der Waals surface area contributed by atoms with E-state index in [0.717, 1.165) is 43.1 Å². The third-order valence-corrected chi connectivity index (χ3v) is 5.90. The van der Waals surface area contributed by atoms with Crippen LogP contribution in [0.25, 0.3) is 0 Å². The number of halogens is 3. The van der Waals surface area contributed by atoms with Gasteiger partial charge >= 0.3 is 6.18 Å². The summed E-state index contributed by atoms with van der Waals surface area (Å²) in [5, 5.41) is 2.80. The highest BCUT2D eigenvalue weighted by Gasteiger charge is 2.51. The van der Waals surface area contributed by atoms with Crippen molar-refractivity contribution >= 4 is 5.82 Å². The molecule has 4 aliphatic rings. The van der Waals surface area contributed by atoms with Crippen molar-refractivity contribution < 1.29 is 17.9 Å². The van der Waals surface area contributed by atoms with E-state index in [4.69, 9.17) is 4.74 Å². The van der Waals surface area contributed by atoms with Crippen LogP contribution in [-0.4, -0.2) is 23.7 Å². The Kier molecular flexibility index (Phi) is 3.98.